The highest BCUT2D eigenvalue weighted by Crippen LogP contribution is 2.20. The Labute approximate surface area is 147 Å². The van der Waals surface area contributed by atoms with E-state index in [0.29, 0.717) is 37.0 Å². The molecular formula is C16H24ClN3O2S. The van der Waals surface area contributed by atoms with Crippen LogP contribution in [-0.2, 0) is 4.79 Å². The predicted molar refractivity (Wildman–Crippen MR) is 94.3 cm³/mol. The highest BCUT2D eigenvalue weighted by Gasteiger charge is 2.30. The Kier molecular flexibility index (Phi) is 6.87. The molecular weight excluding hydrogens is 334 g/mol. The Morgan fingerprint density at radius 1 is 1.30 bits per heavy atom. The fraction of sp³-hybridized carbons (Fsp3) is 0.625. The number of halogens is 1. The number of fused-ring (bicyclic) bond motifs is 2. The van der Waals surface area contributed by atoms with Crippen molar-refractivity contribution in [3.05, 3.63) is 22.4 Å². The van der Waals surface area contributed by atoms with Crippen molar-refractivity contribution in [2.24, 2.45) is 0 Å². The summed E-state index contributed by atoms with van der Waals surface area (Å²) >= 11 is 1.51. The van der Waals surface area contributed by atoms with E-state index < -0.39 is 0 Å². The van der Waals surface area contributed by atoms with Crippen LogP contribution in [0.5, 0.6) is 0 Å². The minimum atomic E-state index is -0.0509. The molecule has 2 fully saturated rings. The number of carbonyl (C=O) groups excluding carboxylic acids is 2. The van der Waals surface area contributed by atoms with Crippen molar-refractivity contribution in [2.45, 2.75) is 44.2 Å². The van der Waals surface area contributed by atoms with E-state index >= 15 is 0 Å². The molecule has 3 heterocycles. The molecule has 1 aromatic heterocycles. The maximum absolute atomic E-state index is 12.3. The SMILES string of the molecule is Cl.O=C(NCCCC(=O)N1CCC2CCC(C1)N2)c1ccsc1. The minimum Gasteiger partial charge on any atom is -0.352 e. The Hall–Kier alpha value is -1.11. The first-order chi connectivity index (χ1) is 10.7. The molecule has 2 aliphatic heterocycles. The number of thiophene rings is 1. The van der Waals surface area contributed by atoms with Crippen molar-refractivity contribution in [1.82, 2.24) is 15.5 Å². The van der Waals surface area contributed by atoms with Crippen molar-refractivity contribution in [3.8, 4) is 0 Å². The average Bonchev–Trinajstić information content (AvgIpc) is 3.13. The van der Waals surface area contributed by atoms with Crippen LogP contribution in [0.25, 0.3) is 0 Å². The van der Waals surface area contributed by atoms with E-state index in [4.69, 9.17) is 0 Å². The third-order valence-electron chi connectivity index (χ3n) is 4.51. The molecule has 0 aliphatic carbocycles. The lowest BCUT2D eigenvalue weighted by molar-refractivity contribution is -0.131. The van der Waals surface area contributed by atoms with Gasteiger partial charge in [0.1, 0.15) is 0 Å². The summed E-state index contributed by atoms with van der Waals surface area (Å²) in [6, 6.07) is 2.90. The summed E-state index contributed by atoms with van der Waals surface area (Å²) in [7, 11) is 0. The Bertz CT molecular complexity index is 523. The summed E-state index contributed by atoms with van der Waals surface area (Å²) < 4.78 is 0. The number of hydrogen-bond acceptors (Lipinski definition) is 4. The number of likely N-dealkylation sites (tertiary alicyclic amines) is 1. The number of rotatable bonds is 5. The van der Waals surface area contributed by atoms with Crippen LogP contribution in [0.4, 0.5) is 0 Å². The molecule has 5 nitrogen and oxygen atoms in total. The Morgan fingerprint density at radius 3 is 2.91 bits per heavy atom. The van der Waals surface area contributed by atoms with E-state index in [0.717, 1.165) is 19.5 Å². The van der Waals surface area contributed by atoms with Crippen molar-refractivity contribution in [2.75, 3.05) is 19.6 Å². The van der Waals surface area contributed by atoms with Crippen LogP contribution in [0.3, 0.4) is 0 Å². The van der Waals surface area contributed by atoms with Crippen LogP contribution >= 0.6 is 23.7 Å². The molecule has 7 heteroatoms. The summed E-state index contributed by atoms with van der Waals surface area (Å²) in [5.74, 6) is 0.170. The van der Waals surface area contributed by atoms with Gasteiger partial charge in [0.2, 0.25) is 5.91 Å². The van der Waals surface area contributed by atoms with Gasteiger partial charge in [-0.2, -0.15) is 11.3 Å². The molecule has 3 rings (SSSR count). The zero-order valence-corrected chi connectivity index (χ0v) is 14.8. The van der Waals surface area contributed by atoms with Gasteiger partial charge in [-0.05, 0) is 37.1 Å². The smallest absolute Gasteiger partial charge is 0.252 e. The molecule has 2 saturated heterocycles. The first kappa shape index (κ1) is 18.2. The highest BCUT2D eigenvalue weighted by molar-refractivity contribution is 7.08. The largest absolute Gasteiger partial charge is 0.352 e. The summed E-state index contributed by atoms with van der Waals surface area (Å²) in [5.41, 5.74) is 0.700. The van der Waals surface area contributed by atoms with Gasteiger partial charge in [-0.3, -0.25) is 9.59 Å². The van der Waals surface area contributed by atoms with Gasteiger partial charge < -0.3 is 15.5 Å². The van der Waals surface area contributed by atoms with E-state index in [9.17, 15) is 9.59 Å². The molecule has 1 aromatic rings. The molecule has 0 spiro atoms. The lowest BCUT2D eigenvalue weighted by Crippen LogP contribution is -2.39. The van der Waals surface area contributed by atoms with E-state index in [2.05, 4.69) is 10.6 Å². The zero-order chi connectivity index (χ0) is 15.4. The topological polar surface area (TPSA) is 61.4 Å². The first-order valence-corrected chi connectivity index (χ1v) is 9.01. The molecule has 2 atom stereocenters. The van der Waals surface area contributed by atoms with Crippen molar-refractivity contribution in [1.29, 1.82) is 0 Å². The Morgan fingerprint density at radius 2 is 2.13 bits per heavy atom. The molecule has 2 N–H and O–H groups in total. The molecule has 0 aromatic carbocycles. The lowest BCUT2D eigenvalue weighted by atomic mass is 10.1. The van der Waals surface area contributed by atoms with Crippen LogP contribution in [0, 0.1) is 0 Å². The predicted octanol–water partition coefficient (Wildman–Crippen LogP) is 2.03. The number of nitrogens with one attached hydrogen (secondary N) is 2. The molecule has 2 bridgehead atoms. The maximum atomic E-state index is 12.3. The summed E-state index contributed by atoms with van der Waals surface area (Å²) in [5, 5.41) is 10.2. The van der Waals surface area contributed by atoms with E-state index in [1.807, 2.05) is 21.7 Å². The lowest BCUT2D eigenvalue weighted by Gasteiger charge is -2.24. The molecule has 128 valence electrons. The molecule has 0 radical (unpaired) electrons. The summed E-state index contributed by atoms with van der Waals surface area (Å²) in [4.78, 5) is 26.1. The molecule has 2 aliphatic rings. The monoisotopic (exact) mass is 357 g/mol. The third kappa shape index (κ3) is 4.93. The standard InChI is InChI=1S/C16H23N3O2S.ClH/c20-15(19-8-5-13-3-4-14(10-19)18-13)2-1-7-17-16(21)12-6-9-22-11-12;/h6,9,11,13-14,18H,1-5,7-8,10H2,(H,17,21);1H. The van der Waals surface area contributed by atoms with Gasteiger partial charge in [0.15, 0.2) is 0 Å². The first-order valence-electron chi connectivity index (χ1n) is 8.06. The second-order valence-electron chi connectivity index (χ2n) is 6.14. The number of amides is 2. The number of nitrogens with zero attached hydrogens (tertiary/aromatic N) is 1. The van der Waals surface area contributed by atoms with E-state index in [-0.39, 0.29) is 24.2 Å². The normalized spacial score (nSPS) is 23.0. The fourth-order valence-electron chi connectivity index (χ4n) is 3.26. The Balaban J connectivity index is 0.00000192. The van der Waals surface area contributed by atoms with Crippen LogP contribution in [0.15, 0.2) is 16.8 Å². The van der Waals surface area contributed by atoms with Crippen LogP contribution in [0.2, 0.25) is 0 Å². The zero-order valence-electron chi connectivity index (χ0n) is 13.1. The van der Waals surface area contributed by atoms with Gasteiger partial charge in [-0.25, -0.2) is 0 Å². The van der Waals surface area contributed by atoms with Crippen molar-refractivity contribution in [3.63, 3.8) is 0 Å². The fourth-order valence-corrected chi connectivity index (χ4v) is 3.90. The van der Waals surface area contributed by atoms with Gasteiger partial charge in [-0.1, -0.05) is 0 Å². The number of carbonyl (C=O) groups is 2. The van der Waals surface area contributed by atoms with Gasteiger partial charge in [0.25, 0.3) is 5.91 Å². The average molecular weight is 358 g/mol. The number of hydrogen-bond donors (Lipinski definition) is 2. The van der Waals surface area contributed by atoms with Gasteiger partial charge in [0.05, 0.1) is 0 Å². The second-order valence-corrected chi connectivity index (χ2v) is 6.92. The van der Waals surface area contributed by atoms with Crippen LogP contribution in [0.1, 0.15) is 42.5 Å². The van der Waals surface area contributed by atoms with Gasteiger partial charge in [-0.15, -0.1) is 12.4 Å². The third-order valence-corrected chi connectivity index (χ3v) is 5.20. The second kappa shape index (κ2) is 8.66. The quantitative estimate of drug-likeness (QED) is 0.793. The van der Waals surface area contributed by atoms with E-state index in [1.54, 1.807) is 0 Å². The highest BCUT2D eigenvalue weighted by atomic mass is 35.5. The van der Waals surface area contributed by atoms with E-state index in [1.165, 1.54) is 24.2 Å². The minimum absolute atomic E-state index is 0. The van der Waals surface area contributed by atoms with Gasteiger partial charge >= 0.3 is 0 Å². The van der Waals surface area contributed by atoms with Crippen LogP contribution < -0.4 is 10.6 Å². The molecule has 0 saturated carbocycles. The van der Waals surface area contributed by atoms with Gasteiger partial charge in [0, 0.05) is 49.1 Å². The molecule has 23 heavy (non-hydrogen) atoms. The van der Waals surface area contributed by atoms with Crippen molar-refractivity contribution < 1.29 is 9.59 Å². The summed E-state index contributed by atoms with van der Waals surface area (Å²) in [6.07, 6.45) is 4.72. The maximum Gasteiger partial charge on any atom is 0.252 e. The van der Waals surface area contributed by atoms with Crippen LogP contribution in [-0.4, -0.2) is 48.4 Å². The van der Waals surface area contributed by atoms with Crippen molar-refractivity contribution >= 4 is 35.6 Å². The molecule has 2 unspecified atom stereocenters. The summed E-state index contributed by atoms with van der Waals surface area (Å²) in [6.45, 7) is 2.27. The molecule has 2 amide bonds.